The third-order valence-corrected chi connectivity index (χ3v) is 2.96. The van der Waals surface area contributed by atoms with Crippen molar-refractivity contribution in [3.8, 4) is 6.07 Å². The van der Waals surface area contributed by atoms with Gasteiger partial charge in [-0.3, -0.25) is 4.79 Å². The first kappa shape index (κ1) is 12.5. The quantitative estimate of drug-likeness (QED) is 0.836. The van der Waals surface area contributed by atoms with Crippen LogP contribution in [0.15, 0.2) is 24.3 Å². The van der Waals surface area contributed by atoms with Crippen molar-refractivity contribution in [3.05, 3.63) is 35.6 Å². The van der Waals surface area contributed by atoms with Gasteiger partial charge in [-0.15, -0.1) is 0 Å². The molecule has 1 unspecified atom stereocenters. The van der Waals surface area contributed by atoms with Crippen LogP contribution in [0.4, 0.5) is 4.39 Å². The summed E-state index contributed by atoms with van der Waals surface area (Å²) in [5, 5.41) is 12.0. The molecule has 2 rings (SSSR count). The highest BCUT2D eigenvalue weighted by atomic mass is 19.1. The van der Waals surface area contributed by atoms with Gasteiger partial charge in [0.2, 0.25) is 5.91 Å². The number of amides is 1. The van der Waals surface area contributed by atoms with Crippen molar-refractivity contribution in [3.63, 3.8) is 0 Å². The fourth-order valence-electron chi connectivity index (χ4n) is 2.04. The van der Waals surface area contributed by atoms with Crippen LogP contribution in [0.1, 0.15) is 5.56 Å². The second kappa shape index (κ2) is 5.61. The van der Waals surface area contributed by atoms with E-state index in [-0.39, 0.29) is 18.1 Å². The molecule has 1 atom stereocenters. The highest BCUT2D eigenvalue weighted by molar-refractivity contribution is 5.79. The van der Waals surface area contributed by atoms with Crippen LogP contribution in [0, 0.1) is 17.1 Å². The van der Waals surface area contributed by atoms with Crippen LogP contribution in [0.25, 0.3) is 0 Å². The minimum Gasteiger partial charge on any atom is -0.324 e. The number of nitriles is 1. The van der Waals surface area contributed by atoms with E-state index < -0.39 is 6.04 Å². The molecule has 94 valence electrons. The summed E-state index contributed by atoms with van der Waals surface area (Å²) in [6.07, 6.45) is 0.135. The monoisotopic (exact) mass is 247 g/mol. The van der Waals surface area contributed by atoms with E-state index in [1.165, 1.54) is 12.1 Å². The van der Waals surface area contributed by atoms with E-state index in [1.54, 1.807) is 17.0 Å². The van der Waals surface area contributed by atoms with Crippen LogP contribution in [-0.4, -0.2) is 36.5 Å². The number of carbonyl (C=O) groups excluding carboxylic acids is 1. The Morgan fingerprint density at radius 1 is 1.61 bits per heavy atom. The number of carbonyl (C=O) groups is 1. The van der Waals surface area contributed by atoms with Crippen molar-refractivity contribution in [1.29, 1.82) is 5.26 Å². The molecule has 1 N–H and O–H groups in total. The zero-order chi connectivity index (χ0) is 13.0. The topological polar surface area (TPSA) is 56.1 Å². The molecule has 1 aromatic carbocycles. The van der Waals surface area contributed by atoms with Gasteiger partial charge in [0.1, 0.15) is 11.9 Å². The lowest BCUT2D eigenvalue weighted by molar-refractivity contribution is -0.132. The highest BCUT2D eigenvalue weighted by Gasteiger charge is 2.26. The molecule has 0 bridgehead atoms. The molecular weight excluding hydrogens is 233 g/mol. The SMILES string of the molecule is N#CC1CNCCN1C(=O)Cc1cccc(F)c1. The highest BCUT2D eigenvalue weighted by Crippen LogP contribution is 2.09. The predicted molar refractivity (Wildman–Crippen MR) is 64.1 cm³/mol. The molecule has 5 heteroatoms. The van der Waals surface area contributed by atoms with E-state index in [0.29, 0.717) is 25.2 Å². The summed E-state index contributed by atoms with van der Waals surface area (Å²) < 4.78 is 13.0. The lowest BCUT2D eigenvalue weighted by Crippen LogP contribution is -2.53. The second-order valence-electron chi connectivity index (χ2n) is 4.24. The predicted octanol–water partition coefficient (Wildman–Crippen LogP) is 0.692. The third kappa shape index (κ3) is 2.84. The molecule has 4 nitrogen and oxygen atoms in total. The lowest BCUT2D eigenvalue weighted by Gasteiger charge is -2.32. The second-order valence-corrected chi connectivity index (χ2v) is 4.24. The average Bonchev–Trinajstić information content (AvgIpc) is 2.38. The molecule has 1 heterocycles. The van der Waals surface area contributed by atoms with Crippen LogP contribution in [0.5, 0.6) is 0 Å². The fraction of sp³-hybridized carbons (Fsp3) is 0.385. The van der Waals surface area contributed by atoms with Crippen molar-refractivity contribution in [1.82, 2.24) is 10.2 Å². The molecule has 1 saturated heterocycles. The summed E-state index contributed by atoms with van der Waals surface area (Å²) in [7, 11) is 0. The Bertz CT molecular complexity index is 483. The summed E-state index contributed by atoms with van der Waals surface area (Å²) in [6, 6.07) is 7.66. The number of piperazine rings is 1. The van der Waals surface area contributed by atoms with Crippen LogP contribution in [-0.2, 0) is 11.2 Å². The Kier molecular flexibility index (Phi) is 3.90. The minimum atomic E-state index is -0.431. The van der Waals surface area contributed by atoms with Gasteiger partial charge < -0.3 is 10.2 Å². The Morgan fingerprint density at radius 2 is 2.44 bits per heavy atom. The molecule has 0 radical (unpaired) electrons. The number of nitrogens with one attached hydrogen (secondary N) is 1. The van der Waals surface area contributed by atoms with E-state index in [9.17, 15) is 9.18 Å². The molecule has 1 aromatic rings. The average molecular weight is 247 g/mol. The number of benzene rings is 1. The molecule has 1 amide bonds. The van der Waals surface area contributed by atoms with E-state index >= 15 is 0 Å². The summed E-state index contributed by atoms with van der Waals surface area (Å²) in [5.74, 6) is -0.480. The van der Waals surface area contributed by atoms with Gasteiger partial charge in [0.05, 0.1) is 12.5 Å². The maximum atomic E-state index is 13.0. The molecule has 1 aliphatic rings. The van der Waals surface area contributed by atoms with Gasteiger partial charge in [0.15, 0.2) is 0 Å². The van der Waals surface area contributed by atoms with Gasteiger partial charge in [-0.1, -0.05) is 12.1 Å². The third-order valence-electron chi connectivity index (χ3n) is 2.96. The first-order chi connectivity index (χ1) is 8.70. The van der Waals surface area contributed by atoms with Crippen molar-refractivity contribution in [2.24, 2.45) is 0 Å². The van der Waals surface area contributed by atoms with Crippen molar-refractivity contribution < 1.29 is 9.18 Å². The van der Waals surface area contributed by atoms with E-state index in [1.807, 2.05) is 0 Å². The van der Waals surface area contributed by atoms with Crippen molar-refractivity contribution >= 4 is 5.91 Å². The first-order valence-corrected chi connectivity index (χ1v) is 5.85. The number of rotatable bonds is 2. The molecule has 0 spiro atoms. The largest absolute Gasteiger partial charge is 0.324 e. The lowest BCUT2D eigenvalue weighted by atomic mass is 10.1. The number of nitrogens with zero attached hydrogens (tertiary/aromatic N) is 2. The van der Waals surface area contributed by atoms with Gasteiger partial charge in [0.25, 0.3) is 0 Å². The van der Waals surface area contributed by atoms with Crippen molar-refractivity contribution in [2.75, 3.05) is 19.6 Å². The molecule has 1 fully saturated rings. The van der Waals surface area contributed by atoms with Crippen LogP contribution < -0.4 is 5.32 Å². The van der Waals surface area contributed by atoms with E-state index in [0.717, 1.165) is 0 Å². The Hall–Kier alpha value is -1.93. The molecular formula is C13H14FN3O. The van der Waals surface area contributed by atoms with E-state index in [4.69, 9.17) is 5.26 Å². The van der Waals surface area contributed by atoms with Crippen LogP contribution >= 0.6 is 0 Å². The molecule has 18 heavy (non-hydrogen) atoms. The molecule has 0 saturated carbocycles. The Morgan fingerprint density at radius 3 is 3.17 bits per heavy atom. The van der Waals surface area contributed by atoms with Gasteiger partial charge >= 0.3 is 0 Å². The van der Waals surface area contributed by atoms with Gasteiger partial charge in [-0.2, -0.15) is 5.26 Å². The summed E-state index contributed by atoms with van der Waals surface area (Å²) >= 11 is 0. The zero-order valence-electron chi connectivity index (χ0n) is 9.90. The zero-order valence-corrected chi connectivity index (χ0v) is 9.90. The summed E-state index contributed by atoms with van der Waals surface area (Å²) in [4.78, 5) is 13.6. The maximum Gasteiger partial charge on any atom is 0.228 e. The van der Waals surface area contributed by atoms with Crippen molar-refractivity contribution in [2.45, 2.75) is 12.5 Å². The summed E-state index contributed by atoms with van der Waals surface area (Å²) in [6.45, 7) is 1.70. The van der Waals surface area contributed by atoms with Gasteiger partial charge in [0, 0.05) is 19.6 Å². The smallest absolute Gasteiger partial charge is 0.228 e. The summed E-state index contributed by atoms with van der Waals surface area (Å²) in [5.41, 5.74) is 0.634. The fourth-order valence-corrected chi connectivity index (χ4v) is 2.04. The molecule has 0 aliphatic carbocycles. The Labute approximate surface area is 105 Å². The van der Waals surface area contributed by atoms with E-state index in [2.05, 4.69) is 11.4 Å². The first-order valence-electron chi connectivity index (χ1n) is 5.85. The molecule has 0 aromatic heterocycles. The number of hydrogen-bond donors (Lipinski definition) is 1. The maximum absolute atomic E-state index is 13.0. The number of halogens is 1. The van der Waals surface area contributed by atoms with Gasteiger partial charge in [-0.25, -0.2) is 4.39 Å². The van der Waals surface area contributed by atoms with Gasteiger partial charge in [-0.05, 0) is 17.7 Å². The number of hydrogen-bond acceptors (Lipinski definition) is 3. The van der Waals surface area contributed by atoms with Crippen LogP contribution in [0.3, 0.4) is 0 Å². The molecule has 1 aliphatic heterocycles. The van der Waals surface area contributed by atoms with Crippen LogP contribution in [0.2, 0.25) is 0 Å². The normalized spacial score (nSPS) is 19.3. The minimum absolute atomic E-state index is 0.131. The Balaban J connectivity index is 2.05. The standard InChI is InChI=1S/C13H14FN3O/c14-11-3-1-2-10(6-11)7-13(18)17-5-4-16-9-12(17)8-15/h1-3,6,12,16H,4-5,7,9H2.